The lowest BCUT2D eigenvalue weighted by atomic mass is 10.2. The Bertz CT molecular complexity index is 753. The molecule has 0 aliphatic heterocycles. The van der Waals surface area contributed by atoms with E-state index in [1.54, 1.807) is 57.2 Å². The van der Waals surface area contributed by atoms with E-state index in [9.17, 15) is 9.59 Å². The third-order valence-corrected chi connectivity index (χ3v) is 3.41. The third kappa shape index (κ3) is 7.03. The number of hydrogen-bond donors (Lipinski definition) is 3. The molecule has 0 heterocycles. The Morgan fingerprint density at radius 2 is 1.46 bits per heavy atom. The van der Waals surface area contributed by atoms with Gasteiger partial charge in [0.2, 0.25) is 0 Å². The van der Waals surface area contributed by atoms with Crippen LogP contribution >= 0.6 is 11.6 Å². The van der Waals surface area contributed by atoms with Gasteiger partial charge in [0, 0.05) is 22.9 Å². The number of ether oxygens (including phenoxy) is 1. The number of carbonyl (C=O) groups is 2. The normalized spacial score (nSPS) is 10.8. The summed E-state index contributed by atoms with van der Waals surface area (Å²) in [6.45, 7) is 5.77. The second kappa shape index (κ2) is 8.58. The number of anilines is 2. The van der Waals surface area contributed by atoms with Crippen molar-refractivity contribution in [1.29, 1.82) is 0 Å². The quantitative estimate of drug-likeness (QED) is 0.702. The Balaban J connectivity index is 1.81. The van der Waals surface area contributed by atoms with Crippen molar-refractivity contribution in [2.45, 2.75) is 32.9 Å². The summed E-state index contributed by atoms with van der Waals surface area (Å²) in [4.78, 5) is 23.6. The minimum Gasteiger partial charge on any atom is -0.444 e. The summed E-state index contributed by atoms with van der Waals surface area (Å²) in [6, 6.07) is 13.6. The number of urea groups is 1. The molecule has 0 fully saturated rings. The molecule has 0 aliphatic rings. The number of carbonyl (C=O) groups excluding carboxylic acids is 2. The maximum Gasteiger partial charge on any atom is 0.412 e. The first-order chi connectivity index (χ1) is 12.2. The van der Waals surface area contributed by atoms with Gasteiger partial charge < -0.3 is 15.4 Å². The van der Waals surface area contributed by atoms with Crippen molar-refractivity contribution in [1.82, 2.24) is 5.32 Å². The molecule has 0 atom stereocenters. The van der Waals surface area contributed by atoms with Crippen LogP contribution < -0.4 is 16.0 Å². The highest BCUT2D eigenvalue weighted by molar-refractivity contribution is 6.30. The SMILES string of the molecule is CC(C)(C)OC(=O)Nc1ccc(NC(=O)NCc2ccc(Cl)cc2)cc1. The van der Waals surface area contributed by atoms with Crippen molar-refractivity contribution >= 4 is 35.1 Å². The fourth-order valence-electron chi connectivity index (χ4n) is 2.02. The van der Waals surface area contributed by atoms with Gasteiger partial charge in [0.05, 0.1) is 0 Å². The lowest BCUT2D eigenvalue weighted by Gasteiger charge is -2.19. The van der Waals surface area contributed by atoms with Gasteiger partial charge in [-0.1, -0.05) is 23.7 Å². The van der Waals surface area contributed by atoms with Crippen LogP contribution in [0.15, 0.2) is 48.5 Å². The minimum atomic E-state index is -0.562. The van der Waals surface area contributed by atoms with E-state index in [1.807, 2.05) is 12.1 Å². The summed E-state index contributed by atoms with van der Waals surface area (Å²) in [5, 5.41) is 8.76. The largest absolute Gasteiger partial charge is 0.444 e. The summed E-state index contributed by atoms with van der Waals surface area (Å²) < 4.78 is 5.18. The maximum absolute atomic E-state index is 11.9. The zero-order chi connectivity index (χ0) is 19.2. The van der Waals surface area contributed by atoms with E-state index in [0.717, 1.165) is 5.56 Å². The lowest BCUT2D eigenvalue weighted by Crippen LogP contribution is -2.28. The molecule has 2 rings (SSSR count). The molecule has 0 radical (unpaired) electrons. The molecular formula is C19H22ClN3O3. The van der Waals surface area contributed by atoms with Crippen molar-refractivity contribution in [3.8, 4) is 0 Å². The summed E-state index contributed by atoms with van der Waals surface area (Å²) in [5.74, 6) is 0. The van der Waals surface area contributed by atoms with Crippen molar-refractivity contribution in [2.24, 2.45) is 0 Å². The summed E-state index contributed by atoms with van der Waals surface area (Å²) in [6.07, 6.45) is -0.529. The van der Waals surface area contributed by atoms with Crippen molar-refractivity contribution in [2.75, 3.05) is 10.6 Å². The number of nitrogens with one attached hydrogen (secondary N) is 3. The molecular weight excluding hydrogens is 354 g/mol. The Kier molecular flexibility index (Phi) is 6.46. The predicted molar refractivity (Wildman–Crippen MR) is 104 cm³/mol. The fraction of sp³-hybridized carbons (Fsp3) is 0.263. The van der Waals surface area contributed by atoms with Crippen molar-refractivity contribution in [3.63, 3.8) is 0 Å². The molecule has 6 nitrogen and oxygen atoms in total. The van der Waals surface area contributed by atoms with E-state index >= 15 is 0 Å². The molecule has 0 bridgehead atoms. The van der Waals surface area contributed by atoms with Crippen molar-refractivity contribution < 1.29 is 14.3 Å². The molecule has 0 saturated heterocycles. The molecule has 0 unspecified atom stereocenters. The average molecular weight is 376 g/mol. The number of benzene rings is 2. The first-order valence-electron chi connectivity index (χ1n) is 8.11. The van der Waals surface area contributed by atoms with Gasteiger partial charge in [0.1, 0.15) is 5.60 Å². The molecule has 0 aromatic heterocycles. The molecule has 26 heavy (non-hydrogen) atoms. The molecule has 0 saturated carbocycles. The van der Waals surface area contributed by atoms with E-state index in [2.05, 4.69) is 16.0 Å². The molecule has 2 aromatic rings. The Morgan fingerprint density at radius 1 is 0.923 bits per heavy atom. The first-order valence-corrected chi connectivity index (χ1v) is 8.48. The standard InChI is InChI=1S/C19H22ClN3O3/c1-19(2,3)26-18(25)23-16-10-8-15(9-11-16)22-17(24)21-12-13-4-6-14(20)7-5-13/h4-11H,12H2,1-3H3,(H,23,25)(H2,21,22,24). The highest BCUT2D eigenvalue weighted by atomic mass is 35.5. The van der Waals surface area contributed by atoms with E-state index in [0.29, 0.717) is 22.9 Å². The van der Waals surface area contributed by atoms with Gasteiger partial charge in [-0.05, 0) is 62.7 Å². The van der Waals surface area contributed by atoms with Crippen LogP contribution in [0.2, 0.25) is 5.02 Å². The van der Waals surface area contributed by atoms with Gasteiger partial charge in [-0.2, -0.15) is 0 Å². The van der Waals surface area contributed by atoms with Gasteiger partial charge in [0.15, 0.2) is 0 Å². The minimum absolute atomic E-state index is 0.326. The Morgan fingerprint density at radius 3 is 2.00 bits per heavy atom. The van der Waals surface area contributed by atoms with Crippen LogP contribution in [0.1, 0.15) is 26.3 Å². The van der Waals surface area contributed by atoms with Gasteiger partial charge in [-0.25, -0.2) is 9.59 Å². The van der Waals surface area contributed by atoms with E-state index in [-0.39, 0.29) is 6.03 Å². The molecule has 138 valence electrons. The highest BCUT2D eigenvalue weighted by Crippen LogP contribution is 2.15. The smallest absolute Gasteiger partial charge is 0.412 e. The monoisotopic (exact) mass is 375 g/mol. The molecule has 3 amide bonds. The van der Waals surface area contributed by atoms with Crippen LogP contribution in [-0.4, -0.2) is 17.7 Å². The number of rotatable bonds is 4. The van der Waals surface area contributed by atoms with Gasteiger partial charge in [-0.15, -0.1) is 0 Å². The fourth-order valence-corrected chi connectivity index (χ4v) is 2.14. The third-order valence-electron chi connectivity index (χ3n) is 3.15. The summed E-state index contributed by atoms with van der Waals surface area (Å²) >= 11 is 5.82. The summed E-state index contributed by atoms with van der Waals surface area (Å²) in [7, 11) is 0. The van der Waals surface area contributed by atoms with Gasteiger partial charge in [-0.3, -0.25) is 5.32 Å². The second-order valence-electron chi connectivity index (χ2n) is 6.64. The number of halogens is 1. The van der Waals surface area contributed by atoms with Crippen LogP contribution in [0.3, 0.4) is 0 Å². The first kappa shape index (κ1) is 19.6. The highest BCUT2D eigenvalue weighted by Gasteiger charge is 2.16. The van der Waals surface area contributed by atoms with Crippen LogP contribution in [-0.2, 0) is 11.3 Å². The lowest BCUT2D eigenvalue weighted by molar-refractivity contribution is 0.0636. The number of hydrogen-bond acceptors (Lipinski definition) is 3. The van der Waals surface area contributed by atoms with Crippen LogP contribution in [0.5, 0.6) is 0 Å². The molecule has 2 aromatic carbocycles. The van der Waals surface area contributed by atoms with Crippen LogP contribution in [0, 0.1) is 0 Å². The Hall–Kier alpha value is -2.73. The zero-order valence-corrected chi connectivity index (χ0v) is 15.7. The predicted octanol–water partition coefficient (Wildman–Crippen LogP) is 5.01. The average Bonchev–Trinajstić information content (AvgIpc) is 2.54. The maximum atomic E-state index is 11.9. The second-order valence-corrected chi connectivity index (χ2v) is 7.07. The Labute approximate surface area is 157 Å². The zero-order valence-electron chi connectivity index (χ0n) is 14.9. The molecule has 0 spiro atoms. The van der Waals surface area contributed by atoms with Gasteiger partial charge >= 0.3 is 12.1 Å². The van der Waals surface area contributed by atoms with Crippen LogP contribution in [0.4, 0.5) is 21.0 Å². The summed E-state index contributed by atoms with van der Waals surface area (Å²) in [5.41, 5.74) is 1.56. The number of amides is 3. The van der Waals surface area contributed by atoms with Gasteiger partial charge in [0.25, 0.3) is 0 Å². The van der Waals surface area contributed by atoms with E-state index < -0.39 is 11.7 Å². The van der Waals surface area contributed by atoms with Crippen LogP contribution in [0.25, 0.3) is 0 Å². The van der Waals surface area contributed by atoms with E-state index in [1.165, 1.54) is 0 Å². The van der Waals surface area contributed by atoms with Crippen molar-refractivity contribution in [3.05, 3.63) is 59.1 Å². The molecule has 7 heteroatoms. The topological polar surface area (TPSA) is 79.5 Å². The molecule has 0 aliphatic carbocycles. The van der Waals surface area contributed by atoms with E-state index in [4.69, 9.17) is 16.3 Å². The molecule has 3 N–H and O–H groups in total.